The summed E-state index contributed by atoms with van der Waals surface area (Å²) in [5.41, 5.74) is 0. The van der Waals surface area contributed by atoms with E-state index in [4.69, 9.17) is 9.42 Å². The molecule has 19 heavy (non-hydrogen) atoms. The lowest BCUT2D eigenvalue weighted by Crippen LogP contribution is -2.28. The summed E-state index contributed by atoms with van der Waals surface area (Å²) in [6.45, 7) is 6.40. The quantitative estimate of drug-likeness (QED) is 0.452. The molecule has 0 aromatic rings. The van der Waals surface area contributed by atoms with Gasteiger partial charge in [-0.3, -0.25) is 13.8 Å². The van der Waals surface area contributed by atoms with E-state index >= 15 is 0 Å². The Balaban J connectivity index is 3.37. The topological polar surface area (TPSA) is 84.9 Å². The molecule has 0 saturated carbocycles. The first-order chi connectivity index (χ1) is 8.89. The van der Waals surface area contributed by atoms with Gasteiger partial charge in [0.05, 0.1) is 13.2 Å². The summed E-state index contributed by atoms with van der Waals surface area (Å²) in [6, 6.07) is 0. The Kier molecular flexibility index (Phi) is 10.1. The Labute approximate surface area is 115 Å². The molecule has 0 heterocycles. The molecule has 0 aliphatic rings. The van der Waals surface area contributed by atoms with E-state index in [0.29, 0.717) is 13.0 Å². The lowest BCUT2D eigenvalue weighted by molar-refractivity contribution is -0.123. The third-order valence-electron chi connectivity index (χ3n) is 2.44. The highest BCUT2D eigenvalue weighted by Crippen LogP contribution is 2.42. The highest BCUT2D eigenvalue weighted by atomic mass is 31.2. The minimum Gasteiger partial charge on any atom is -0.356 e. The Morgan fingerprint density at radius 2 is 1.84 bits per heavy atom. The van der Waals surface area contributed by atoms with Crippen molar-refractivity contribution in [2.45, 2.75) is 46.5 Å². The zero-order valence-electron chi connectivity index (χ0n) is 12.1. The monoisotopic (exact) mass is 295 g/mol. The molecule has 6 nitrogen and oxygen atoms in total. The van der Waals surface area contributed by atoms with Gasteiger partial charge in [-0.05, 0) is 19.8 Å². The second-order valence-electron chi connectivity index (χ2n) is 4.58. The predicted octanol–water partition coefficient (Wildman–Crippen LogP) is 2.47. The first-order valence-electron chi connectivity index (χ1n) is 6.78. The fourth-order valence-corrected chi connectivity index (χ4v) is 2.14. The Hall–Kier alpha value is -0.420. The highest BCUT2D eigenvalue weighted by Gasteiger charge is 2.18. The van der Waals surface area contributed by atoms with Crippen molar-refractivity contribution in [3.8, 4) is 0 Å². The van der Waals surface area contributed by atoms with Crippen LogP contribution in [0.4, 0.5) is 0 Å². The Morgan fingerprint density at radius 1 is 1.21 bits per heavy atom. The Bertz CT molecular complexity index is 296. The standard InChI is InChI=1S/C12H26NO5P/c1-4-17-19(15,16)18-10-8-6-5-7-9-13-12(14)11(2)3/h11H,4-10H2,1-3H3,(H,13,14)(H,15,16). The molecule has 0 radical (unpaired) electrons. The fraction of sp³-hybridized carbons (Fsp3) is 0.917. The SMILES string of the molecule is CCOP(=O)(O)OCCCCCCNC(=O)C(C)C. The van der Waals surface area contributed by atoms with Gasteiger partial charge in [-0.1, -0.05) is 26.7 Å². The lowest BCUT2D eigenvalue weighted by atomic mass is 10.2. The van der Waals surface area contributed by atoms with E-state index in [-0.39, 0.29) is 25.0 Å². The van der Waals surface area contributed by atoms with Crippen molar-refractivity contribution in [2.24, 2.45) is 5.92 Å². The number of hydrogen-bond donors (Lipinski definition) is 2. The van der Waals surface area contributed by atoms with Crippen molar-refractivity contribution in [1.82, 2.24) is 5.32 Å². The normalized spacial score (nSPS) is 14.4. The number of rotatable bonds is 11. The van der Waals surface area contributed by atoms with Crippen LogP contribution in [-0.4, -0.2) is 30.6 Å². The molecule has 0 fully saturated rings. The van der Waals surface area contributed by atoms with Crippen molar-refractivity contribution in [2.75, 3.05) is 19.8 Å². The van der Waals surface area contributed by atoms with Gasteiger partial charge < -0.3 is 10.2 Å². The van der Waals surface area contributed by atoms with E-state index in [0.717, 1.165) is 19.3 Å². The van der Waals surface area contributed by atoms with Crippen LogP contribution in [0.2, 0.25) is 0 Å². The third-order valence-corrected chi connectivity index (χ3v) is 3.53. The van der Waals surface area contributed by atoms with Gasteiger partial charge in [0.25, 0.3) is 0 Å². The van der Waals surface area contributed by atoms with Crippen LogP contribution in [0, 0.1) is 5.92 Å². The number of phosphoric ester groups is 1. The van der Waals surface area contributed by atoms with Crippen molar-refractivity contribution in [3.63, 3.8) is 0 Å². The minimum atomic E-state index is -3.84. The molecule has 1 atom stereocenters. The van der Waals surface area contributed by atoms with Crippen LogP contribution >= 0.6 is 7.82 Å². The molecular weight excluding hydrogens is 269 g/mol. The number of amides is 1. The summed E-state index contributed by atoms with van der Waals surface area (Å²) in [4.78, 5) is 20.4. The predicted molar refractivity (Wildman–Crippen MR) is 73.7 cm³/mol. The highest BCUT2D eigenvalue weighted by molar-refractivity contribution is 7.47. The molecule has 0 spiro atoms. The van der Waals surface area contributed by atoms with Gasteiger partial charge in [0.15, 0.2) is 0 Å². The van der Waals surface area contributed by atoms with Gasteiger partial charge in [-0.25, -0.2) is 4.57 Å². The van der Waals surface area contributed by atoms with E-state index in [1.54, 1.807) is 6.92 Å². The summed E-state index contributed by atoms with van der Waals surface area (Å²) in [5, 5.41) is 2.84. The van der Waals surface area contributed by atoms with Crippen LogP contribution in [0.25, 0.3) is 0 Å². The van der Waals surface area contributed by atoms with Crippen molar-refractivity contribution in [1.29, 1.82) is 0 Å². The minimum absolute atomic E-state index is 0.0191. The first kappa shape index (κ1) is 18.6. The summed E-state index contributed by atoms with van der Waals surface area (Å²) in [5.74, 6) is 0.0898. The van der Waals surface area contributed by atoms with Crippen molar-refractivity contribution >= 4 is 13.7 Å². The van der Waals surface area contributed by atoms with Gasteiger partial charge in [-0.15, -0.1) is 0 Å². The van der Waals surface area contributed by atoms with Crippen LogP contribution in [0.3, 0.4) is 0 Å². The molecule has 0 rings (SSSR count). The molecule has 7 heteroatoms. The van der Waals surface area contributed by atoms with E-state index in [2.05, 4.69) is 9.84 Å². The average molecular weight is 295 g/mol. The van der Waals surface area contributed by atoms with E-state index in [9.17, 15) is 9.36 Å². The van der Waals surface area contributed by atoms with Crippen LogP contribution in [-0.2, 0) is 18.4 Å². The maximum absolute atomic E-state index is 11.2. The molecular formula is C12H26NO5P. The van der Waals surface area contributed by atoms with Crippen molar-refractivity contribution in [3.05, 3.63) is 0 Å². The van der Waals surface area contributed by atoms with Crippen LogP contribution < -0.4 is 5.32 Å². The summed E-state index contributed by atoms with van der Waals surface area (Å²) < 4.78 is 20.5. The maximum Gasteiger partial charge on any atom is 0.472 e. The van der Waals surface area contributed by atoms with Crippen LogP contribution in [0.1, 0.15) is 46.5 Å². The summed E-state index contributed by atoms with van der Waals surface area (Å²) in [7, 11) is -3.84. The molecule has 0 aromatic heterocycles. The number of carbonyl (C=O) groups excluding carboxylic acids is 1. The summed E-state index contributed by atoms with van der Waals surface area (Å²) >= 11 is 0. The largest absolute Gasteiger partial charge is 0.472 e. The summed E-state index contributed by atoms with van der Waals surface area (Å²) in [6.07, 6.45) is 3.45. The van der Waals surface area contributed by atoms with E-state index in [1.165, 1.54) is 0 Å². The molecule has 0 saturated heterocycles. The zero-order valence-corrected chi connectivity index (χ0v) is 12.9. The lowest BCUT2D eigenvalue weighted by Gasteiger charge is -2.10. The molecule has 2 N–H and O–H groups in total. The number of hydrogen-bond acceptors (Lipinski definition) is 4. The van der Waals surface area contributed by atoms with E-state index in [1.807, 2.05) is 13.8 Å². The second kappa shape index (κ2) is 10.4. The fourth-order valence-electron chi connectivity index (χ4n) is 1.38. The Morgan fingerprint density at radius 3 is 2.42 bits per heavy atom. The van der Waals surface area contributed by atoms with E-state index < -0.39 is 7.82 Å². The second-order valence-corrected chi connectivity index (χ2v) is 6.03. The van der Waals surface area contributed by atoms with Gasteiger partial charge in [0.1, 0.15) is 0 Å². The third kappa shape index (κ3) is 11.1. The number of carbonyl (C=O) groups is 1. The first-order valence-corrected chi connectivity index (χ1v) is 8.28. The molecule has 1 unspecified atom stereocenters. The van der Waals surface area contributed by atoms with Gasteiger partial charge in [0, 0.05) is 12.5 Å². The number of unbranched alkanes of at least 4 members (excludes halogenated alkanes) is 3. The number of phosphoric acid groups is 1. The average Bonchev–Trinajstić information content (AvgIpc) is 2.31. The van der Waals surface area contributed by atoms with Gasteiger partial charge in [-0.2, -0.15) is 0 Å². The molecule has 0 aliphatic heterocycles. The molecule has 0 bridgehead atoms. The smallest absolute Gasteiger partial charge is 0.356 e. The molecule has 114 valence electrons. The molecule has 0 aromatic carbocycles. The number of nitrogens with one attached hydrogen (secondary N) is 1. The van der Waals surface area contributed by atoms with Crippen molar-refractivity contribution < 1.29 is 23.3 Å². The van der Waals surface area contributed by atoms with Crippen LogP contribution in [0.15, 0.2) is 0 Å². The molecule has 0 aliphatic carbocycles. The zero-order chi connectivity index (χ0) is 14.7. The van der Waals surface area contributed by atoms with Gasteiger partial charge >= 0.3 is 7.82 Å². The van der Waals surface area contributed by atoms with Gasteiger partial charge in [0.2, 0.25) is 5.91 Å². The van der Waals surface area contributed by atoms with Crippen LogP contribution in [0.5, 0.6) is 0 Å². The maximum atomic E-state index is 11.2. The molecule has 1 amide bonds.